The van der Waals surface area contributed by atoms with Gasteiger partial charge >= 0.3 is 0 Å². The van der Waals surface area contributed by atoms with E-state index in [1.165, 1.54) is 0 Å². The van der Waals surface area contributed by atoms with E-state index in [2.05, 4.69) is 20.3 Å². The number of H-pyrrole nitrogens is 1. The monoisotopic (exact) mass is 268 g/mol. The summed E-state index contributed by atoms with van der Waals surface area (Å²) < 4.78 is 5.24. The normalized spacial score (nSPS) is 10.7. The van der Waals surface area contributed by atoms with E-state index in [4.69, 9.17) is 4.74 Å². The number of aromatic amines is 1. The Morgan fingerprint density at radius 2 is 2.25 bits per heavy atom. The molecular formula is C15H16N4O. The van der Waals surface area contributed by atoms with Gasteiger partial charge in [0.2, 0.25) is 0 Å². The van der Waals surface area contributed by atoms with Crippen LogP contribution < -0.4 is 10.1 Å². The summed E-state index contributed by atoms with van der Waals surface area (Å²) in [4.78, 5) is 11.5. The number of ether oxygens (including phenoxy) is 1. The Balaban J connectivity index is 1.77. The van der Waals surface area contributed by atoms with Crippen LogP contribution in [0.25, 0.3) is 10.8 Å². The van der Waals surface area contributed by atoms with E-state index in [0.29, 0.717) is 0 Å². The maximum Gasteiger partial charge on any atom is 0.133 e. The lowest BCUT2D eigenvalue weighted by molar-refractivity contribution is 0.415. The minimum atomic E-state index is 0.806. The highest BCUT2D eigenvalue weighted by Gasteiger charge is 2.03. The fraction of sp³-hybridized carbons (Fsp3) is 0.200. The highest BCUT2D eigenvalue weighted by Crippen LogP contribution is 2.25. The average Bonchev–Trinajstić information content (AvgIpc) is 3.00. The fourth-order valence-corrected chi connectivity index (χ4v) is 2.16. The van der Waals surface area contributed by atoms with Crippen molar-refractivity contribution in [2.75, 3.05) is 19.0 Å². The van der Waals surface area contributed by atoms with Crippen molar-refractivity contribution in [3.63, 3.8) is 0 Å². The van der Waals surface area contributed by atoms with Gasteiger partial charge in [0, 0.05) is 36.4 Å². The summed E-state index contributed by atoms with van der Waals surface area (Å²) in [5.41, 5.74) is 1.11. The van der Waals surface area contributed by atoms with Crippen molar-refractivity contribution >= 4 is 16.6 Å². The van der Waals surface area contributed by atoms with Gasteiger partial charge in [-0.25, -0.2) is 9.97 Å². The van der Waals surface area contributed by atoms with Gasteiger partial charge in [0.25, 0.3) is 0 Å². The van der Waals surface area contributed by atoms with E-state index in [1.807, 2.05) is 30.5 Å². The molecule has 0 saturated heterocycles. The first-order valence-corrected chi connectivity index (χ1v) is 6.51. The van der Waals surface area contributed by atoms with Gasteiger partial charge in [-0.3, -0.25) is 0 Å². The van der Waals surface area contributed by atoms with Crippen LogP contribution in [0, 0.1) is 0 Å². The SMILES string of the molecule is COc1ccc2c(NCCc3cnc[nH]3)nccc2c1. The van der Waals surface area contributed by atoms with Crippen LogP contribution in [0.3, 0.4) is 0 Å². The Bertz CT molecular complexity index is 694. The van der Waals surface area contributed by atoms with Crippen LogP contribution >= 0.6 is 0 Å². The van der Waals surface area contributed by atoms with Crippen molar-refractivity contribution in [1.29, 1.82) is 0 Å². The van der Waals surface area contributed by atoms with E-state index < -0.39 is 0 Å². The lowest BCUT2D eigenvalue weighted by atomic mass is 10.1. The smallest absolute Gasteiger partial charge is 0.133 e. The first kappa shape index (κ1) is 12.5. The molecule has 3 rings (SSSR count). The quantitative estimate of drug-likeness (QED) is 0.746. The lowest BCUT2D eigenvalue weighted by Crippen LogP contribution is -2.06. The molecule has 3 aromatic rings. The van der Waals surface area contributed by atoms with Gasteiger partial charge in [-0.2, -0.15) is 0 Å². The number of fused-ring (bicyclic) bond motifs is 1. The molecule has 102 valence electrons. The second kappa shape index (κ2) is 5.61. The summed E-state index contributed by atoms with van der Waals surface area (Å²) in [5.74, 6) is 1.75. The average molecular weight is 268 g/mol. The van der Waals surface area contributed by atoms with Gasteiger partial charge in [0.15, 0.2) is 0 Å². The van der Waals surface area contributed by atoms with Gasteiger partial charge in [-0.1, -0.05) is 0 Å². The van der Waals surface area contributed by atoms with Gasteiger partial charge < -0.3 is 15.0 Å². The van der Waals surface area contributed by atoms with Crippen molar-refractivity contribution in [1.82, 2.24) is 15.0 Å². The second-order valence-corrected chi connectivity index (χ2v) is 4.50. The van der Waals surface area contributed by atoms with E-state index in [9.17, 15) is 0 Å². The third-order valence-corrected chi connectivity index (χ3v) is 3.21. The van der Waals surface area contributed by atoms with Gasteiger partial charge in [0.1, 0.15) is 11.6 Å². The van der Waals surface area contributed by atoms with E-state index in [-0.39, 0.29) is 0 Å². The molecule has 2 heterocycles. The topological polar surface area (TPSA) is 62.8 Å². The van der Waals surface area contributed by atoms with Crippen molar-refractivity contribution in [3.8, 4) is 5.75 Å². The fourth-order valence-electron chi connectivity index (χ4n) is 2.16. The van der Waals surface area contributed by atoms with Crippen LogP contribution in [0.4, 0.5) is 5.82 Å². The number of nitrogens with one attached hydrogen (secondary N) is 2. The highest BCUT2D eigenvalue weighted by molar-refractivity contribution is 5.92. The molecule has 0 amide bonds. The number of imidazole rings is 1. The number of aromatic nitrogens is 3. The van der Waals surface area contributed by atoms with E-state index in [0.717, 1.165) is 41.0 Å². The van der Waals surface area contributed by atoms with Crippen LogP contribution in [0.5, 0.6) is 5.75 Å². The summed E-state index contributed by atoms with van der Waals surface area (Å²) in [6, 6.07) is 7.97. The number of rotatable bonds is 5. The van der Waals surface area contributed by atoms with Crippen LogP contribution in [-0.4, -0.2) is 28.6 Å². The zero-order valence-electron chi connectivity index (χ0n) is 11.3. The molecule has 0 fully saturated rings. The Hall–Kier alpha value is -2.56. The Morgan fingerprint density at radius 3 is 3.05 bits per heavy atom. The molecule has 0 atom stereocenters. The number of anilines is 1. The van der Waals surface area contributed by atoms with E-state index in [1.54, 1.807) is 19.6 Å². The molecule has 2 N–H and O–H groups in total. The van der Waals surface area contributed by atoms with Gasteiger partial charge in [-0.05, 0) is 29.7 Å². The number of hydrogen-bond acceptors (Lipinski definition) is 4. The molecule has 0 radical (unpaired) electrons. The van der Waals surface area contributed by atoms with Crippen molar-refractivity contribution < 1.29 is 4.74 Å². The maximum absolute atomic E-state index is 5.24. The Kier molecular flexibility index (Phi) is 3.50. The van der Waals surface area contributed by atoms with Crippen molar-refractivity contribution in [2.45, 2.75) is 6.42 Å². The summed E-state index contributed by atoms with van der Waals surface area (Å²) in [6.45, 7) is 0.806. The molecule has 0 aliphatic carbocycles. The number of nitrogens with zero attached hydrogens (tertiary/aromatic N) is 2. The third kappa shape index (κ3) is 2.56. The molecule has 0 aliphatic heterocycles. The van der Waals surface area contributed by atoms with Crippen molar-refractivity contribution in [2.24, 2.45) is 0 Å². The molecule has 20 heavy (non-hydrogen) atoms. The number of benzene rings is 1. The first-order valence-electron chi connectivity index (χ1n) is 6.51. The molecule has 0 spiro atoms. The molecular weight excluding hydrogens is 252 g/mol. The minimum Gasteiger partial charge on any atom is -0.497 e. The predicted molar refractivity (Wildman–Crippen MR) is 79.1 cm³/mol. The van der Waals surface area contributed by atoms with E-state index >= 15 is 0 Å². The van der Waals surface area contributed by atoms with Gasteiger partial charge in [0.05, 0.1) is 13.4 Å². The van der Waals surface area contributed by atoms with Crippen LogP contribution in [0.15, 0.2) is 43.0 Å². The minimum absolute atomic E-state index is 0.806. The Morgan fingerprint density at radius 1 is 1.30 bits per heavy atom. The maximum atomic E-state index is 5.24. The summed E-state index contributed by atoms with van der Waals surface area (Å²) in [6.07, 6.45) is 6.22. The molecule has 0 unspecified atom stereocenters. The predicted octanol–water partition coefficient (Wildman–Crippen LogP) is 2.62. The van der Waals surface area contributed by atoms with Crippen LogP contribution in [-0.2, 0) is 6.42 Å². The standard InChI is InChI=1S/C15H16N4O/c1-20-13-2-3-14-11(8-13)4-6-17-15(14)18-7-5-12-9-16-10-19-12/h2-4,6,8-10H,5,7H2,1H3,(H,16,19)(H,17,18). The number of methoxy groups -OCH3 is 1. The van der Waals surface area contributed by atoms with Crippen molar-refractivity contribution in [3.05, 3.63) is 48.7 Å². The molecule has 0 saturated carbocycles. The molecule has 0 aliphatic rings. The van der Waals surface area contributed by atoms with Crippen LogP contribution in [0.2, 0.25) is 0 Å². The summed E-state index contributed by atoms with van der Waals surface area (Å²) >= 11 is 0. The van der Waals surface area contributed by atoms with Crippen LogP contribution in [0.1, 0.15) is 5.69 Å². The molecule has 5 heteroatoms. The number of pyridine rings is 1. The second-order valence-electron chi connectivity index (χ2n) is 4.50. The molecule has 0 bridgehead atoms. The third-order valence-electron chi connectivity index (χ3n) is 3.21. The molecule has 1 aromatic carbocycles. The Labute approximate surface area is 117 Å². The first-order chi connectivity index (χ1) is 9.86. The molecule has 2 aromatic heterocycles. The molecule has 5 nitrogen and oxygen atoms in total. The summed E-state index contributed by atoms with van der Waals surface area (Å²) in [7, 11) is 1.67. The zero-order valence-corrected chi connectivity index (χ0v) is 11.3. The largest absolute Gasteiger partial charge is 0.497 e. The lowest BCUT2D eigenvalue weighted by Gasteiger charge is -2.09. The zero-order chi connectivity index (χ0) is 13.8. The number of hydrogen-bond donors (Lipinski definition) is 2. The summed E-state index contributed by atoms with van der Waals surface area (Å²) in [5, 5.41) is 5.57. The highest BCUT2D eigenvalue weighted by atomic mass is 16.5. The van der Waals surface area contributed by atoms with Gasteiger partial charge in [-0.15, -0.1) is 0 Å².